The summed E-state index contributed by atoms with van der Waals surface area (Å²) in [7, 11) is 1.79. The maximum absolute atomic E-state index is 12.9. The number of aromatic nitrogens is 3. The van der Waals surface area contributed by atoms with Crippen molar-refractivity contribution in [1.29, 1.82) is 0 Å². The Bertz CT molecular complexity index is 986. The van der Waals surface area contributed by atoms with Gasteiger partial charge in [0.15, 0.2) is 6.61 Å². The number of alkyl halides is 5. The fourth-order valence-corrected chi connectivity index (χ4v) is 2.95. The first-order valence-electron chi connectivity index (χ1n) is 7.35. The zero-order chi connectivity index (χ0) is 20.0. The van der Waals surface area contributed by atoms with Gasteiger partial charge in [-0.2, -0.15) is 22.0 Å². The van der Waals surface area contributed by atoms with Gasteiger partial charge in [0.25, 0.3) is 0 Å². The third-order valence-corrected chi connectivity index (χ3v) is 5.58. The van der Waals surface area contributed by atoms with Crippen LogP contribution in [-0.2, 0) is 7.05 Å². The van der Waals surface area contributed by atoms with E-state index in [0.29, 0.717) is 16.9 Å². The van der Waals surface area contributed by atoms with Crippen molar-refractivity contribution < 1.29 is 26.7 Å². The third kappa shape index (κ3) is 3.93. The summed E-state index contributed by atoms with van der Waals surface area (Å²) in [5.74, 6) is -4.74. The minimum atomic E-state index is -5.68. The number of pyridine rings is 1. The van der Waals surface area contributed by atoms with Crippen LogP contribution >= 0.6 is 31.9 Å². The van der Waals surface area contributed by atoms with Gasteiger partial charge in [-0.05, 0) is 50.1 Å². The predicted molar refractivity (Wildman–Crippen MR) is 95.8 cm³/mol. The molecule has 0 N–H and O–H groups in total. The number of nitrogens with zero attached hydrogens (tertiary/aromatic N) is 3. The van der Waals surface area contributed by atoms with Crippen molar-refractivity contribution in [1.82, 2.24) is 14.5 Å². The Balaban J connectivity index is 1.84. The number of aryl methyl sites for hydroxylation is 1. The fourth-order valence-electron chi connectivity index (χ4n) is 2.29. The largest absolute Gasteiger partial charge is 0.471 e. The van der Waals surface area contributed by atoms with Gasteiger partial charge in [0, 0.05) is 33.8 Å². The number of fused-ring (bicyclic) bond motifs is 1. The van der Waals surface area contributed by atoms with Crippen molar-refractivity contribution in [3.05, 3.63) is 39.4 Å². The van der Waals surface area contributed by atoms with Crippen LogP contribution in [0.3, 0.4) is 0 Å². The first-order chi connectivity index (χ1) is 12.5. The van der Waals surface area contributed by atoms with Crippen molar-refractivity contribution in [3.8, 4) is 17.3 Å². The van der Waals surface area contributed by atoms with Crippen LogP contribution in [0.15, 0.2) is 39.4 Å². The fraction of sp³-hybridized carbons (Fsp3) is 0.250. The smallest absolute Gasteiger partial charge is 0.456 e. The molecule has 4 nitrogen and oxygen atoms in total. The molecule has 3 rings (SSSR count). The lowest BCUT2D eigenvalue weighted by atomic mass is 10.2. The molecule has 0 spiro atoms. The summed E-state index contributed by atoms with van der Waals surface area (Å²) >= 11 is 6.81. The van der Waals surface area contributed by atoms with E-state index in [4.69, 9.17) is 0 Å². The lowest BCUT2D eigenvalue weighted by molar-refractivity contribution is -0.290. The van der Waals surface area contributed by atoms with Crippen LogP contribution in [-0.4, -0.2) is 33.2 Å². The minimum Gasteiger partial charge on any atom is -0.471 e. The minimum absolute atomic E-state index is 0.341. The van der Waals surface area contributed by atoms with Crippen LogP contribution in [0.1, 0.15) is 0 Å². The molecule has 0 radical (unpaired) electrons. The van der Waals surface area contributed by atoms with E-state index in [1.165, 1.54) is 18.3 Å². The molecule has 0 saturated carbocycles. The summed E-state index contributed by atoms with van der Waals surface area (Å²) in [6.45, 7) is -1.84. The Morgan fingerprint density at radius 1 is 1.07 bits per heavy atom. The predicted octanol–water partition coefficient (Wildman–Crippen LogP) is 5.74. The van der Waals surface area contributed by atoms with Crippen LogP contribution in [0.5, 0.6) is 5.88 Å². The van der Waals surface area contributed by atoms with Crippen molar-refractivity contribution >= 4 is 42.9 Å². The zero-order valence-corrected chi connectivity index (χ0v) is 16.7. The molecule has 0 bridgehead atoms. The van der Waals surface area contributed by atoms with Gasteiger partial charge in [0.2, 0.25) is 5.88 Å². The Kier molecular flexibility index (Phi) is 5.19. The molecule has 0 aliphatic rings. The van der Waals surface area contributed by atoms with Crippen LogP contribution in [0, 0.1) is 0 Å². The standard InChI is InChI=1S/C16H10Br2F5N3O/c1-26-12-5-10(18)9(17)4-11(12)25-14(26)8-2-3-13(24-6-8)27-7-15(19,20)16(21,22)23/h2-6H,7H2,1H3. The van der Waals surface area contributed by atoms with Crippen molar-refractivity contribution in [2.75, 3.05) is 6.61 Å². The average Bonchev–Trinajstić information content (AvgIpc) is 2.89. The van der Waals surface area contributed by atoms with Crippen molar-refractivity contribution in [2.45, 2.75) is 12.1 Å². The van der Waals surface area contributed by atoms with E-state index >= 15 is 0 Å². The molecular formula is C16H10Br2F5N3O. The molecule has 0 fully saturated rings. The Hall–Kier alpha value is -1.75. The molecular weight excluding hydrogens is 505 g/mol. The quantitative estimate of drug-likeness (QED) is 0.417. The average molecular weight is 515 g/mol. The molecule has 2 heterocycles. The molecule has 144 valence electrons. The monoisotopic (exact) mass is 513 g/mol. The molecule has 0 atom stereocenters. The highest BCUT2D eigenvalue weighted by atomic mass is 79.9. The summed E-state index contributed by atoms with van der Waals surface area (Å²) in [5.41, 5.74) is 2.11. The highest BCUT2D eigenvalue weighted by molar-refractivity contribution is 9.13. The first-order valence-corrected chi connectivity index (χ1v) is 8.93. The van der Waals surface area contributed by atoms with Crippen molar-refractivity contribution in [2.24, 2.45) is 7.05 Å². The number of rotatable bonds is 4. The lowest BCUT2D eigenvalue weighted by Crippen LogP contribution is -2.41. The molecule has 2 aromatic heterocycles. The van der Waals surface area contributed by atoms with E-state index in [-0.39, 0.29) is 5.88 Å². The van der Waals surface area contributed by atoms with E-state index in [2.05, 4.69) is 46.6 Å². The Labute approximate surface area is 166 Å². The third-order valence-electron chi connectivity index (χ3n) is 3.73. The molecule has 0 saturated heterocycles. The Morgan fingerprint density at radius 2 is 1.74 bits per heavy atom. The van der Waals surface area contributed by atoms with Gasteiger partial charge >= 0.3 is 12.1 Å². The molecule has 0 aliphatic heterocycles. The maximum Gasteiger partial charge on any atom is 0.456 e. The van der Waals surface area contributed by atoms with Crippen LogP contribution in [0.25, 0.3) is 22.4 Å². The number of hydrogen-bond donors (Lipinski definition) is 0. The molecule has 27 heavy (non-hydrogen) atoms. The van der Waals surface area contributed by atoms with Gasteiger partial charge in [-0.1, -0.05) is 0 Å². The molecule has 0 amide bonds. The van der Waals surface area contributed by atoms with E-state index in [0.717, 1.165) is 14.5 Å². The number of hydrogen-bond acceptors (Lipinski definition) is 3. The Morgan fingerprint density at radius 3 is 2.33 bits per heavy atom. The molecule has 0 unspecified atom stereocenters. The normalized spacial score (nSPS) is 12.6. The van der Waals surface area contributed by atoms with Gasteiger partial charge < -0.3 is 9.30 Å². The van der Waals surface area contributed by atoms with Gasteiger partial charge in [0.1, 0.15) is 5.82 Å². The highest BCUT2D eigenvalue weighted by Gasteiger charge is 2.58. The van der Waals surface area contributed by atoms with Crippen LogP contribution in [0.2, 0.25) is 0 Å². The SMILES string of the molecule is Cn1c(-c2ccc(OCC(F)(F)C(F)(F)F)nc2)nc2cc(Br)c(Br)cc21. The highest BCUT2D eigenvalue weighted by Crippen LogP contribution is 2.36. The summed E-state index contributed by atoms with van der Waals surface area (Å²) in [4.78, 5) is 8.29. The second kappa shape index (κ2) is 7.01. The summed E-state index contributed by atoms with van der Waals surface area (Å²) < 4.78 is 70.2. The second-order valence-corrected chi connectivity index (χ2v) is 7.33. The number of benzene rings is 1. The van der Waals surface area contributed by atoms with E-state index in [1.807, 2.05) is 16.7 Å². The lowest BCUT2D eigenvalue weighted by Gasteiger charge is -2.19. The topological polar surface area (TPSA) is 39.9 Å². The first kappa shape index (κ1) is 20.0. The molecule has 0 aliphatic carbocycles. The number of imidazole rings is 1. The summed E-state index contributed by atoms with van der Waals surface area (Å²) in [6, 6.07) is 6.40. The van der Waals surface area contributed by atoms with Crippen LogP contribution in [0.4, 0.5) is 22.0 Å². The van der Waals surface area contributed by atoms with Gasteiger partial charge in [-0.3, -0.25) is 0 Å². The molecule has 11 heteroatoms. The molecule has 1 aromatic carbocycles. The summed E-state index contributed by atoms with van der Waals surface area (Å²) in [6.07, 6.45) is -4.38. The van der Waals surface area contributed by atoms with Gasteiger partial charge in [0.05, 0.1) is 11.0 Å². The van der Waals surface area contributed by atoms with Gasteiger partial charge in [-0.15, -0.1) is 0 Å². The van der Waals surface area contributed by atoms with E-state index < -0.39 is 18.7 Å². The second-order valence-electron chi connectivity index (χ2n) is 5.63. The van der Waals surface area contributed by atoms with Gasteiger partial charge in [-0.25, -0.2) is 9.97 Å². The summed E-state index contributed by atoms with van der Waals surface area (Å²) in [5, 5.41) is 0. The van der Waals surface area contributed by atoms with Crippen LogP contribution < -0.4 is 4.74 Å². The van der Waals surface area contributed by atoms with E-state index in [9.17, 15) is 22.0 Å². The van der Waals surface area contributed by atoms with E-state index in [1.54, 1.807) is 7.05 Å². The van der Waals surface area contributed by atoms with Crippen molar-refractivity contribution in [3.63, 3.8) is 0 Å². The maximum atomic E-state index is 12.9. The number of halogens is 7. The zero-order valence-electron chi connectivity index (χ0n) is 13.5. The molecule has 3 aromatic rings. The number of ether oxygens (including phenoxy) is 1.